The number of halogens is 1. The first-order valence-corrected chi connectivity index (χ1v) is 4.75. The van der Waals surface area contributed by atoms with E-state index in [-0.39, 0.29) is 5.82 Å². The zero-order chi connectivity index (χ0) is 11.5. The molecule has 2 aromatic rings. The third-order valence-corrected chi connectivity index (χ3v) is 2.19. The fourth-order valence-corrected chi connectivity index (χ4v) is 1.30. The predicted molar refractivity (Wildman–Crippen MR) is 60.9 cm³/mol. The van der Waals surface area contributed by atoms with Crippen LogP contribution >= 0.6 is 0 Å². The predicted octanol–water partition coefficient (Wildman–Crippen LogP) is 2.25. The Labute approximate surface area is 92.3 Å². The minimum atomic E-state index is -0.305. The van der Waals surface area contributed by atoms with E-state index in [2.05, 4.69) is 15.3 Å². The maximum Gasteiger partial charge on any atom is 0.157 e. The average molecular weight is 218 g/mol. The molecule has 0 bridgehead atoms. The molecule has 0 atom stereocenters. The largest absolute Gasteiger partial charge is 0.394 e. The quantitative estimate of drug-likeness (QED) is 0.811. The number of nitrogens with two attached hydrogens (primary N) is 1. The lowest BCUT2D eigenvalue weighted by atomic mass is 10.2. The van der Waals surface area contributed by atoms with Crippen LogP contribution in [0.2, 0.25) is 0 Å². The topological polar surface area (TPSA) is 63.8 Å². The number of hydrogen-bond acceptors (Lipinski definition) is 4. The Morgan fingerprint density at radius 3 is 2.94 bits per heavy atom. The SMILES string of the molecule is Cc1ccc(F)cc1Nc1ncncc1N. The van der Waals surface area contributed by atoms with Crippen molar-refractivity contribution in [2.45, 2.75) is 6.92 Å². The van der Waals surface area contributed by atoms with Gasteiger partial charge in [-0.05, 0) is 24.6 Å². The van der Waals surface area contributed by atoms with Crippen LogP contribution in [0.4, 0.5) is 21.6 Å². The monoisotopic (exact) mass is 218 g/mol. The van der Waals surface area contributed by atoms with Crippen molar-refractivity contribution >= 4 is 17.2 Å². The molecule has 0 radical (unpaired) electrons. The zero-order valence-corrected chi connectivity index (χ0v) is 8.74. The second kappa shape index (κ2) is 4.14. The molecule has 0 saturated heterocycles. The lowest BCUT2D eigenvalue weighted by Gasteiger charge is -2.09. The number of nitrogen functional groups attached to an aromatic ring is 1. The summed E-state index contributed by atoms with van der Waals surface area (Å²) in [7, 11) is 0. The van der Waals surface area contributed by atoms with Crippen molar-refractivity contribution in [3.05, 3.63) is 42.1 Å². The lowest BCUT2D eigenvalue weighted by molar-refractivity contribution is 0.628. The lowest BCUT2D eigenvalue weighted by Crippen LogP contribution is -2.01. The number of anilines is 3. The van der Waals surface area contributed by atoms with Crippen LogP contribution in [0.15, 0.2) is 30.7 Å². The van der Waals surface area contributed by atoms with E-state index in [1.54, 1.807) is 6.07 Å². The van der Waals surface area contributed by atoms with Crippen LogP contribution in [0.1, 0.15) is 5.56 Å². The molecule has 0 aliphatic heterocycles. The van der Waals surface area contributed by atoms with E-state index in [9.17, 15) is 4.39 Å². The summed E-state index contributed by atoms with van der Waals surface area (Å²) < 4.78 is 13.0. The van der Waals surface area contributed by atoms with Gasteiger partial charge in [0.15, 0.2) is 5.82 Å². The number of aromatic nitrogens is 2. The summed E-state index contributed by atoms with van der Waals surface area (Å²) in [5, 5.41) is 2.97. The van der Waals surface area contributed by atoms with Crippen LogP contribution in [0, 0.1) is 12.7 Å². The van der Waals surface area contributed by atoms with Crippen LogP contribution < -0.4 is 11.1 Å². The first-order chi connectivity index (χ1) is 7.66. The Morgan fingerprint density at radius 2 is 2.19 bits per heavy atom. The zero-order valence-electron chi connectivity index (χ0n) is 8.74. The first kappa shape index (κ1) is 10.4. The van der Waals surface area contributed by atoms with Crippen LogP contribution in [0.3, 0.4) is 0 Å². The Kier molecular flexibility index (Phi) is 2.68. The molecule has 2 rings (SSSR count). The number of benzene rings is 1. The van der Waals surface area contributed by atoms with Gasteiger partial charge in [-0.15, -0.1) is 0 Å². The van der Waals surface area contributed by atoms with Crippen LogP contribution in [-0.2, 0) is 0 Å². The number of nitrogens with one attached hydrogen (secondary N) is 1. The molecule has 0 fully saturated rings. The first-order valence-electron chi connectivity index (χ1n) is 4.75. The molecule has 1 aromatic heterocycles. The maximum absolute atomic E-state index is 13.0. The minimum Gasteiger partial charge on any atom is -0.394 e. The normalized spacial score (nSPS) is 10.1. The van der Waals surface area contributed by atoms with Gasteiger partial charge in [-0.1, -0.05) is 6.07 Å². The molecule has 3 N–H and O–H groups in total. The number of nitrogens with zero attached hydrogens (tertiary/aromatic N) is 2. The van der Waals surface area contributed by atoms with Crippen molar-refractivity contribution in [2.75, 3.05) is 11.1 Å². The molecule has 16 heavy (non-hydrogen) atoms. The summed E-state index contributed by atoms with van der Waals surface area (Å²) >= 11 is 0. The Balaban J connectivity index is 2.34. The highest BCUT2D eigenvalue weighted by atomic mass is 19.1. The van der Waals surface area contributed by atoms with Gasteiger partial charge >= 0.3 is 0 Å². The molecule has 4 nitrogen and oxygen atoms in total. The smallest absolute Gasteiger partial charge is 0.157 e. The summed E-state index contributed by atoms with van der Waals surface area (Å²) in [5.74, 6) is 0.171. The Morgan fingerprint density at radius 1 is 1.38 bits per heavy atom. The van der Waals surface area contributed by atoms with Gasteiger partial charge in [0.1, 0.15) is 12.1 Å². The number of rotatable bonds is 2. The molecule has 1 heterocycles. The van der Waals surface area contributed by atoms with E-state index in [1.165, 1.54) is 24.7 Å². The van der Waals surface area contributed by atoms with E-state index in [0.717, 1.165) is 5.56 Å². The van der Waals surface area contributed by atoms with Gasteiger partial charge in [-0.25, -0.2) is 14.4 Å². The van der Waals surface area contributed by atoms with Crippen LogP contribution in [0.25, 0.3) is 0 Å². The van der Waals surface area contributed by atoms with Crippen molar-refractivity contribution in [3.63, 3.8) is 0 Å². The third kappa shape index (κ3) is 2.08. The van der Waals surface area contributed by atoms with E-state index < -0.39 is 0 Å². The van der Waals surface area contributed by atoms with E-state index in [0.29, 0.717) is 17.2 Å². The maximum atomic E-state index is 13.0. The summed E-state index contributed by atoms with van der Waals surface area (Å²) in [6.07, 6.45) is 2.87. The summed E-state index contributed by atoms with van der Waals surface area (Å²) in [4.78, 5) is 7.75. The van der Waals surface area contributed by atoms with Gasteiger partial charge in [0.2, 0.25) is 0 Å². The van der Waals surface area contributed by atoms with Crippen molar-refractivity contribution in [1.82, 2.24) is 9.97 Å². The van der Waals surface area contributed by atoms with Gasteiger partial charge in [-0.2, -0.15) is 0 Å². The molecule has 0 saturated carbocycles. The fourth-order valence-electron chi connectivity index (χ4n) is 1.30. The van der Waals surface area contributed by atoms with E-state index in [4.69, 9.17) is 5.73 Å². The Hall–Kier alpha value is -2.17. The van der Waals surface area contributed by atoms with Gasteiger partial charge < -0.3 is 11.1 Å². The molecular weight excluding hydrogens is 207 g/mol. The molecule has 0 amide bonds. The molecule has 0 spiro atoms. The highest BCUT2D eigenvalue weighted by Crippen LogP contribution is 2.22. The van der Waals surface area contributed by atoms with E-state index >= 15 is 0 Å². The van der Waals surface area contributed by atoms with Crippen LogP contribution in [-0.4, -0.2) is 9.97 Å². The second-order valence-electron chi connectivity index (χ2n) is 3.41. The van der Waals surface area contributed by atoms with Crippen LogP contribution in [0.5, 0.6) is 0 Å². The molecule has 1 aromatic carbocycles. The molecular formula is C11H11FN4. The molecule has 82 valence electrons. The fraction of sp³-hybridized carbons (Fsp3) is 0.0909. The number of hydrogen-bond donors (Lipinski definition) is 2. The van der Waals surface area contributed by atoms with Crippen molar-refractivity contribution in [2.24, 2.45) is 0 Å². The van der Waals surface area contributed by atoms with E-state index in [1.807, 2.05) is 6.92 Å². The average Bonchev–Trinajstić information content (AvgIpc) is 2.27. The van der Waals surface area contributed by atoms with Gasteiger partial charge in [-0.3, -0.25) is 0 Å². The third-order valence-electron chi connectivity index (χ3n) is 2.19. The van der Waals surface area contributed by atoms with Gasteiger partial charge in [0, 0.05) is 5.69 Å². The summed E-state index contributed by atoms with van der Waals surface area (Å²) in [6.45, 7) is 1.87. The molecule has 5 heteroatoms. The standard InChI is InChI=1S/C11H11FN4/c1-7-2-3-8(12)4-10(7)16-11-9(13)5-14-6-15-11/h2-6H,13H2,1H3,(H,14,15,16). The summed E-state index contributed by atoms with van der Waals surface area (Å²) in [6, 6.07) is 4.50. The molecule has 0 unspecified atom stereocenters. The molecule has 0 aliphatic rings. The second-order valence-corrected chi connectivity index (χ2v) is 3.41. The van der Waals surface area contributed by atoms with Gasteiger partial charge in [0.05, 0.1) is 11.9 Å². The van der Waals surface area contributed by atoms with Gasteiger partial charge in [0.25, 0.3) is 0 Å². The van der Waals surface area contributed by atoms with Crippen molar-refractivity contribution in [1.29, 1.82) is 0 Å². The van der Waals surface area contributed by atoms with Crippen molar-refractivity contribution in [3.8, 4) is 0 Å². The number of aryl methyl sites for hydroxylation is 1. The highest BCUT2D eigenvalue weighted by Gasteiger charge is 2.04. The minimum absolute atomic E-state index is 0.305. The highest BCUT2D eigenvalue weighted by molar-refractivity contribution is 5.69. The summed E-state index contributed by atoms with van der Waals surface area (Å²) in [5.41, 5.74) is 7.66. The Bertz CT molecular complexity index is 513. The molecule has 0 aliphatic carbocycles. The van der Waals surface area contributed by atoms with Crippen molar-refractivity contribution < 1.29 is 4.39 Å².